The van der Waals surface area contributed by atoms with E-state index < -0.39 is 0 Å². The zero-order chi connectivity index (χ0) is 13.1. The molecule has 0 aliphatic carbocycles. The third-order valence-corrected chi connectivity index (χ3v) is 3.57. The first-order valence-electron chi connectivity index (χ1n) is 6.44. The summed E-state index contributed by atoms with van der Waals surface area (Å²) in [7, 11) is 0. The molecule has 18 heavy (non-hydrogen) atoms. The van der Waals surface area contributed by atoms with Crippen LogP contribution in [0, 0.1) is 0 Å². The van der Waals surface area contributed by atoms with E-state index in [1.165, 1.54) is 0 Å². The standard InChI is InChI=1S/C14H19ClN2O/c1-3-10(2)14-16-12-9-11(15)5-6-13(12)17(14)7-4-8-18/h5-6,9-10,18H,3-4,7-8H2,1-2H3. The van der Waals surface area contributed by atoms with Crippen molar-refractivity contribution in [3.63, 3.8) is 0 Å². The van der Waals surface area contributed by atoms with E-state index in [4.69, 9.17) is 21.7 Å². The molecule has 0 bridgehead atoms. The van der Waals surface area contributed by atoms with Gasteiger partial charge >= 0.3 is 0 Å². The van der Waals surface area contributed by atoms with E-state index in [1.54, 1.807) is 0 Å². The van der Waals surface area contributed by atoms with Crippen LogP contribution in [0.5, 0.6) is 0 Å². The SMILES string of the molecule is CCC(C)c1nc2cc(Cl)ccc2n1CCCO. The Morgan fingerprint density at radius 3 is 2.89 bits per heavy atom. The van der Waals surface area contributed by atoms with Gasteiger partial charge in [0.2, 0.25) is 0 Å². The number of aryl methyl sites for hydroxylation is 1. The normalized spacial score (nSPS) is 13.1. The summed E-state index contributed by atoms with van der Waals surface area (Å²) < 4.78 is 2.20. The van der Waals surface area contributed by atoms with Crippen molar-refractivity contribution in [1.29, 1.82) is 0 Å². The van der Waals surface area contributed by atoms with Gasteiger partial charge in [0.1, 0.15) is 5.82 Å². The Morgan fingerprint density at radius 2 is 2.22 bits per heavy atom. The third kappa shape index (κ3) is 2.52. The lowest BCUT2D eigenvalue weighted by Crippen LogP contribution is -2.08. The summed E-state index contributed by atoms with van der Waals surface area (Å²) in [4.78, 5) is 4.69. The second kappa shape index (κ2) is 5.72. The summed E-state index contributed by atoms with van der Waals surface area (Å²) in [5.74, 6) is 1.50. The first kappa shape index (κ1) is 13.4. The number of halogens is 1. The highest BCUT2D eigenvalue weighted by atomic mass is 35.5. The fraction of sp³-hybridized carbons (Fsp3) is 0.500. The predicted molar refractivity (Wildman–Crippen MR) is 75.2 cm³/mol. The Labute approximate surface area is 112 Å². The lowest BCUT2D eigenvalue weighted by atomic mass is 10.1. The zero-order valence-electron chi connectivity index (χ0n) is 10.9. The van der Waals surface area contributed by atoms with Gasteiger partial charge in [0.25, 0.3) is 0 Å². The lowest BCUT2D eigenvalue weighted by Gasteiger charge is -2.12. The molecule has 1 atom stereocenters. The van der Waals surface area contributed by atoms with Crippen LogP contribution in [0.4, 0.5) is 0 Å². The largest absolute Gasteiger partial charge is 0.396 e. The number of aliphatic hydroxyl groups is 1. The smallest absolute Gasteiger partial charge is 0.112 e. The molecule has 0 fully saturated rings. The van der Waals surface area contributed by atoms with Gasteiger partial charge in [-0.2, -0.15) is 0 Å². The highest BCUT2D eigenvalue weighted by Gasteiger charge is 2.15. The van der Waals surface area contributed by atoms with Crippen molar-refractivity contribution < 1.29 is 5.11 Å². The Balaban J connectivity index is 2.52. The van der Waals surface area contributed by atoms with Crippen LogP contribution in [-0.2, 0) is 6.54 Å². The minimum absolute atomic E-state index is 0.202. The Kier molecular flexibility index (Phi) is 4.25. The second-order valence-corrected chi connectivity index (χ2v) is 5.08. The first-order chi connectivity index (χ1) is 8.67. The molecule has 0 saturated heterocycles. The molecule has 1 unspecified atom stereocenters. The summed E-state index contributed by atoms with van der Waals surface area (Å²) in [6.45, 7) is 5.34. The van der Waals surface area contributed by atoms with E-state index >= 15 is 0 Å². The molecule has 0 radical (unpaired) electrons. The number of hydrogen-bond acceptors (Lipinski definition) is 2. The zero-order valence-corrected chi connectivity index (χ0v) is 11.6. The van der Waals surface area contributed by atoms with Crippen LogP contribution in [0.1, 0.15) is 38.4 Å². The molecule has 4 heteroatoms. The van der Waals surface area contributed by atoms with Crippen molar-refractivity contribution in [2.45, 2.75) is 39.2 Å². The van der Waals surface area contributed by atoms with Crippen molar-refractivity contribution in [3.8, 4) is 0 Å². The number of fused-ring (bicyclic) bond motifs is 1. The van der Waals surface area contributed by atoms with Gasteiger partial charge in [0.15, 0.2) is 0 Å². The van der Waals surface area contributed by atoms with E-state index in [1.807, 2.05) is 18.2 Å². The molecule has 1 N–H and O–H groups in total. The number of hydrogen-bond donors (Lipinski definition) is 1. The molecule has 1 aromatic heterocycles. The number of aliphatic hydroxyl groups excluding tert-OH is 1. The van der Waals surface area contributed by atoms with Gasteiger partial charge in [-0.05, 0) is 31.0 Å². The third-order valence-electron chi connectivity index (χ3n) is 3.33. The maximum Gasteiger partial charge on any atom is 0.112 e. The molecule has 0 amide bonds. The molecule has 0 aliphatic rings. The molecule has 2 rings (SSSR count). The predicted octanol–water partition coefficient (Wildman–Crippen LogP) is 3.59. The Morgan fingerprint density at radius 1 is 1.44 bits per heavy atom. The van der Waals surface area contributed by atoms with Gasteiger partial charge in [-0.1, -0.05) is 25.4 Å². The van der Waals surface area contributed by atoms with E-state index in [0.717, 1.165) is 36.2 Å². The van der Waals surface area contributed by atoms with Crippen LogP contribution in [0.25, 0.3) is 11.0 Å². The molecule has 1 aromatic carbocycles. The minimum atomic E-state index is 0.202. The molecule has 1 heterocycles. The van der Waals surface area contributed by atoms with E-state index in [2.05, 4.69) is 18.4 Å². The van der Waals surface area contributed by atoms with Crippen LogP contribution in [0.2, 0.25) is 5.02 Å². The quantitative estimate of drug-likeness (QED) is 0.898. The topological polar surface area (TPSA) is 38.0 Å². The van der Waals surface area contributed by atoms with Crippen molar-refractivity contribution in [2.75, 3.05) is 6.61 Å². The van der Waals surface area contributed by atoms with Crippen molar-refractivity contribution in [1.82, 2.24) is 9.55 Å². The van der Waals surface area contributed by atoms with Gasteiger partial charge in [-0.3, -0.25) is 0 Å². The van der Waals surface area contributed by atoms with Crippen LogP contribution < -0.4 is 0 Å². The van der Waals surface area contributed by atoms with Crippen LogP contribution in [0.3, 0.4) is 0 Å². The monoisotopic (exact) mass is 266 g/mol. The van der Waals surface area contributed by atoms with Crippen LogP contribution in [0.15, 0.2) is 18.2 Å². The summed E-state index contributed by atoms with van der Waals surface area (Å²) in [5, 5.41) is 9.73. The summed E-state index contributed by atoms with van der Waals surface area (Å²) in [6.07, 6.45) is 1.80. The fourth-order valence-corrected chi connectivity index (χ4v) is 2.31. The van der Waals surface area contributed by atoms with E-state index in [-0.39, 0.29) is 6.61 Å². The maximum atomic E-state index is 9.01. The highest BCUT2D eigenvalue weighted by Crippen LogP contribution is 2.26. The average Bonchev–Trinajstić information content (AvgIpc) is 2.73. The lowest BCUT2D eigenvalue weighted by molar-refractivity contribution is 0.279. The summed E-state index contributed by atoms with van der Waals surface area (Å²) in [5.41, 5.74) is 2.04. The van der Waals surface area contributed by atoms with Gasteiger partial charge in [0.05, 0.1) is 11.0 Å². The molecular weight excluding hydrogens is 248 g/mol. The number of aromatic nitrogens is 2. The van der Waals surface area contributed by atoms with Gasteiger partial charge in [-0.25, -0.2) is 4.98 Å². The Hall–Kier alpha value is -1.06. The van der Waals surface area contributed by atoms with Gasteiger partial charge < -0.3 is 9.67 Å². The first-order valence-corrected chi connectivity index (χ1v) is 6.81. The number of benzene rings is 1. The van der Waals surface area contributed by atoms with Crippen molar-refractivity contribution in [2.24, 2.45) is 0 Å². The molecular formula is C14H19ClN2O. The fourth-order valence-electron chi connectivity index (χ4n) is 2.14. The molecule has 0 aliphatic heterocycles. The maximum absolute atomic E-state index is 9.01. The molecule has 98 valence electrons. The number of imidazole rings is 1. The average molecular weight is 267 g/mol. The van der Waals surface area contributed by atoms with Crippen molar-refractivity contribution >= 4 is 22.6 Å². The van der Waals surface area contributed by atoms with Crippen LogP contribution in [-0.4, -0.2) is 21.3 Å². The molecule has 2 aromatic rings. The van der Waals surface area contributed by atoms with Gasteiger partial charge in [-0.15, -0.1) is 0 Å². The highest BCUT2D eigenvalue weighted by molar-refractivity contribution is 6.31. The van der Waals surface area contributed by atoms with Crippen molar-refractivity contribution in [3.05, 3.63) is 29.0 Å². The van der Waals surface area contributed by atoms with E-state index in [9.17, 15) is 0 Å². The summed E-state index contributed by atoms with van der Waals surface area (Å²) >= 11 is 6.01. The number of rotatable bonds is 5. The molecule has 3 nitrogen and oxygen atoms in total. The van der Waals surface area contributed by atoms with E-state index in [0.29, 0.717) is 10.9 Å². The van der Waals surface area contributed by atoms with Crippen LogP contribution >= 0.6 is 11.6 Å². The number of nitrogens with zero attached hydrogens (tertiary/aromatic N) is 2. The molecule has 0 saturated carbocycles. The minimum Gasteiger partial charge on any atom is -0.396 e. The molecule has 0 spiro atoms. The second-order valence-electron chi connectivity index (χ2n) is 4.64. The Bertz CT molecular complexity index is 536. The van der Waals surface area contributed by atoms with Gasteiger partial charge in [0, 0.05) is 24.1 Å². The summed E-state index contributed by atoms with van der Waals surface area (Å²) in [6, 6.07) is 5.80.